The van der Waals surface area contributed by atoms with Crippen LogP contribution in [-0.2, 0) is 11.2 Å². The van der Waals surface area contributed by atoms with Gasteiger partial charge in [0.05, 0.1) is 7.11 Å². The summed E-state index contributed by atoms with van der Waals surface area (Å²) in [5.41, 5.74) is 4.09. The van der Waals surface area contributed by atoms with E-state index in [1.165, 1.54) is 23.1 Å². The summed E-state index contributed by atoms with van der Waals surface area (Å²) in [4.78, 5) is 11.8. The number of allylic oxidation sites excluding steroid dienone is 2. The molecule has 0 N–H and O–H groups in total. The van der Waals surface area contributed by atoms with Gasteiger partial charge in [0.2, 0.25) is 0 Å². The fourth-order valence-corrected chi connectivity index (χ4v) is 3.73. The van der Waals surface area contributed by atoms with E-state index in [4.69, 9.17) is 4.74 Å². The molecule has 0 radical (unpaired) electrons. The summed E-state index contributed by atoms with van der Waals surface area (Å²) in [5, 5.41) is 0. The molecule has 0 bridgehead atoms. The molecule has 0 saturated heterocycles. The Balaban J connectivity index is 2.10. The normalized spacial score (nSPS) is 24.7. The van der Waals surface area contributed by atoms with Crippen LogP contribution in [0.5, 0.6) is 5.75 Å². The molecule has 3 rings (SSSR count). The lowest BCUT2D eigenvalue weighted by Gasteiger charge is -2.33. The van der Waals surface area contributed by atoms with Crippen molar-refractivity contribution >= 4 is 11.4 Å². The van der Waals surface area contributed by atoms with Crippen molar-refractivity contribution in [2.24, 2.45) is 5.41 Å². The first-order valence-electron chi connectivity index (χ1n) is 7.11. The zero-order valence-electron chi connectivity index (χ0n) is 11.7. The van der Waals surface area contributed by atoms with Crippen molar-refractivity contribution in [2.75, 3.05) is 7.11 Å². The molecule has 0 heterocycles. The predicted molar refractivity (Wildman–Crippen MR) is 76.3 cm³/mol. The standard InChI is InChI=1S/C17H20O2/c1-3-7-17-8-6-13(18)10-16(17)15-5-4-14(19-2)9-12(15)11-17/h4-5,9-10H,3,6-8,11H2,1-2H3/t17-/m1/s1. The summed E-state index contributed by atoms with van der Waals surface area (Å²) < 4.78 is 5.32. The Kier molecular flexibility index (Phi) is 2.96. The topological polar surface area (TPSA) is 26.3 Å². The van der Waals surface area contributed by atoms with Gasteiger partial charge in [0.25, 0.3) is 0 Å². The number of rotatable bonds is 3. The maximum atomic E-state index is 11.8. The number of ketones is 1. The molecule has 19 heavy (non-hydrogen) atoms. The molecule has 0 fully saturated rings. The molecule has 2 nitrogen and oxygen atoms in total. The highest BCUT2D eigenvalue weighted by molar-refractivity contribution is 6.01. The first-order chi connectivity index (χ1) is 9.18. The van der Waals surface area contributed by atoms with E-state index in [2.05, 4.69) is 19.1 Å². The number of ether oxygens (including phenoxy) is 1. The molecule has 0 aromatic heterocycles. The van der Waals surface area contributed by atoms with E-state index in [1.807, 2.05) is 12.1 Å². The minimum Gasteiger partial charge on any atom is -0.497 e. The fourth-order valence-electron chi connectivity index (χ4n) is 3.73. The van der Waals surface area contributed by atoms with E-state index >= 15 is 0 Å². The smallest absolute Gasteiger partial charge is 0.156 e. The van der Waals surface area contributed by atoms with E-state index in [0.717, 1.165) is 25.0 Å². The van der Waals surface area contributed by atoms with E-state index in [-0.39, 0.29) is 11.2 Å². The number of hydrogen-bond donors (Lipinski definition) is 0. The lowest BCUT2D eigenvalue weighted by Crippen LogP contribution is -2.25. The number of methoxy groups -OCH3 is 1. The fraction of sp³-hybridized carbons (Fsp3) is 0.471. The number of hydrogen-bond acceptors (Lipinski definition) is 2. The van der Waals surface area contributed by atoms with Crippen LogP contribution in [0.2, 0.25) is 0 Å². The lowest BCUT2D eigenvalue weighted by molar-refractivity contribution is -0.115. The van der Waals surface area contributed by atoms with Gasteiger partial charge in [0.15, 0.2) is 5.78 Å². The third kappa shape index (κ3) is 1.90. The van der Waals surface area contributed by atoms with Gasteiger partial charge in [-0.3, -0.25) is 4.79 Å². The molecule has 1 aromatic carbocycles. The Morgan fingerprint density at radius 1 is 1.37 bits per heavy atom. The lowest BCUT2D eigenvalue weighted by atomic mass is 9.70. The van der Waals surface area contributed by atoms with Crippen LogP contribution in [0.15, 0.2) is 24.3 Å². The van der Waals surface area contributed by atoms with E-state index in [9.17, 15) is 4.79 Å². The van der Waals surface area contributed by atoms with Crippen LogP contribution < -0.4 is 4.74 Å². The monoisotopic (exact) mass is 256 g/mol. The molecule has 0 spiro atoms. The van der Waals surface area contributed by atoms with Gasteiger partial charge in [-0.15, -0.1) is 0 Å². The van der Waals surface area contributed by atoms with E-state index in [1.54, 1.807) is 7.11 Å². The number of carbonyl (C=O) groups is 1. The van der Waals surface area contributed by atoms with Crippen LogP contribution in [0.4, 0.5) is 0 Å². The zero-order valence-corrected chi connectivity index (χ0v) is 11.7. The molecule has 0 saturated carbocycles. The Bertz CT molecular complexity index is 556. The molecule has 1 aromatic rings. The van der Waals surface area contributed by atoms with Crippen LogP contribution in [0.3, 0.4) is 0 Å². The van der Waals surface area contributed by atoms with Gasteiger partial charge in [-0.25, -0.2) is 0 Å². The highest BCUT2D eigenvalue weighted by atomic mass is 16.5. The van der Waals surface area contributed by atoms with Crippen LogP contribution in [0.1, 0.15) is 43.7 Å². The van der Waals surface area contributed by atoms with Gasteiger partial charge in [0, 0.05) is 11.8 Å². The maximum Gasteiger partial charge on any atom is 0.156 e. The molecule has 2 aliphatic carbocycles. The minimum atomic E-state index is 0.206. The van der Waals surface area contributed by atoms with Crippen molar-refractivity contribution in [3.63, 3.8) is 0 Å². The number of fused-ring (bicyclic) bond motifs is 3. The summed E-state index contributed by atoms with van der Waals surface area (Å²) in [6.45, 7) is 2.23. The molecule has 2 heteroatoms. The van der Waals surface area contributed by atoms with Crippen molar-refractivity contribution in [3.8, 4) is 5.75 Å². The van der Waals surface area contributed by atoms with Crippen LogP contribution >= 0.6 is 0 Å². The Labute approximate surface area is 114 Å². The molecule has 0 aliphatic heterocycles. The Hall–Kier alpha value is -1.57. The van der Waals surface area contributed by atoms with Crippen LogP contribution in [-0.4, -0.2) is 12.9 Å². The van der Waals surface area contributed by atoms with Crippen LogP contribution in [0, 0.1) is 5.41 Å². The largest absolute Gasteiger partial charge is 0.497 e. The Morgan fingerprint density at radius 2 is 2.21 bits per heavy atom. The predicted octanol–water partition coefficient (Wildman–Crippen LogP) is 3.78. The molecule has 2 aliphatic rings. The second kappa shape index (κ2) is 4.52. The SMILES string of the molecule is CCC[C@]12CCC(=O)C=C1c1ccc(OC)cc1C2. The summed E-state index contributed by atoms with van der Waals surface area (Å²) in [5.74, 6) is 1.20. The van der Waals surface area contributed by atoms with Crippen molar-refractivity contribution < 1.29 is 9.53 Å². The van der Waals surface area contributed by atoms with Crippen LogP contribution in [0.25, 0.3) is 5.57 Å². The highest BCUT2D eigenvalue weighted by Crippen LogP contribution is 2.54. The number of carbonyl (C=O) groups excluding carboxylic acids is 1. The molecule has 0 amide bonds. The average molecular weight is 256 g/mol. The van der Waals surface area contributed by atoms with Gasteiger partial charge in [-0.2, -0.15) is 0 Å². The van der Waals surface area contributed by atoms with Crippen molar-refractivity contribution in [1.29, 1.82) is 0 Å². The second-order valence-corrected chi connectivity index (χ2v) is 5.75. The average Bonchev–Trinajstić information content (AvgIpc) is 2.72. The summed E-state index contributed by atoms with van der Waals surface area (Å²) in [6, 6.07) is 6.26. The van der Waals surface area contributed by atoms with Crippen molar-refractivity contribution in [1.82, 2.24) is 0 Å². The zero-order chi connectivity index (χ0) is 13.5. The summed E-state index contributed by atoms with van der Waals surface area (Å²) in [7, 11) is 1.70. The molecule has 100 valence electrons. The molecular formula is C17H20O2. The third-order valence-corrected chi connectivity index (χ3v) is 4.59. The van der Waals surface area contributed by atoms with Gasteiger partial charge in [-0.05, 0) is 54.2 Å². The maximum absolute atomic E-state index is 11.8. The highest BCUT2D eigenvalue weighted by Gasteiger charge is 2.43. The van der Waals surface area contributed by atoms with Crippen molar-refractivity contribution in [2.45, 2.75) is 39.0 Å². The van der Waals surface area contributed by atoms with E-state index in [0.29, 0.717) is 6.42 Å². The number of benzene rings is 1. The Morgan fingerprint density at radius 3 is 2.95 bits per heavy atom. The third-order valence-electron chi connectivity index (χ3n) is 4.59. The minimum absolute atomic E-state index is 0.206. The second-order valence-electron chi connectivity index (χ2n) is 5.75. The van der Waals surface area contributed by atoms with E-state index < -0.39 is 0 Å². The summed E-state index contributed by atoms with van der Waals surface area (Å²) >= 11 is 0. The van der Waals surface area contributed by atoms with Gasteiger partial charge in [0.1, 0.15) is 5.75 Å². The first kappa shape index (κ1) is 12.5. The van der Waals surface area contributed by atoms with Gasteiger partial charge < -0.3 is 4.74 Å². The first-order valence-corrected chi connectivity index (χ1v) is 7.11. The van der Waals surface area contributed by atoms with Gasteiger partial charge >= 0.3 is 0 Å². The molecule has 0 unspecified atom stereocenters. The molecule has 1 atom stereocenters. The van der Waals surface area contributed by atoms with Gasteiger partial charge in [-0.1, -0.05) is 19.4 Å². The quantitative estimate of drug-likeness (QED) is 0.822. The van der Waals surface area contributed by atoms with Crippen molar-refractivity contribution in [3.05, 3.63) is 35.4 Å². The molecular weight excluding hydrogens is 236 g/mol. The summed E-state index contributed by atoms with van der Waals surface area (Å²) in [6.07, 6.45) is 7.00.